The van der Waals surface area contributed by atoms with Crippen molar-refractivity contribution in [2.75, 3.05) is 80.5 Å². The van der Waals surface area contributed by atoms with Gasteiger partial charge in [0.2, 0.25) is 0 Å². The van der Waals surface area contributed by atoms with Gasteiger partial charge in [-0.25, -0.2) is 0 Å². The summed E-state index contributed by atoms with van der Waals surface area (Å²) in [5.41, 5.74) is 0.356. The molecule has 0 unspecified atom stereocenters. The Bertz CT molecular complexity index is 231. The van der Waals surface area contributed by atoms with Crippen LogP contribution in [0, 0.1) is 5.41 Å². The predicted molar refractivity (Wildman–Crippen MR) is 83.8 cm³/mol. The van der Waals surface area contributed by atoms with Crippen LogP contribution in [0.5, 0.6) is 0 Å². The minimum atomic E-state index is 0.356. The highest BCUT2D eigenvalue weighted by Gasteiger charge is 2.22. The van der Waals surface area contributed by atoms with Gasteiger partial charge in [0.25, 0.3) is 0 Å². The average molecular weight is 270 g/mol. The number of likely N-dealkylation sites (N-methyl/N-ethyl adjacent to an activating group) is 4. The number of nitrogens with zero attached hydrogens (tertiary/aromatic N) is 4. The van der Waals surface area contributed by atoms with Crippen LogP contribution in [0.2, 0.25) is 0 Å². The monoisotopic (exact) mass is 270 g/mol. The summed E-state index contributed by atoms with van der Waals surface area (Å²) in [6, 6.07) is 0. The van der Waals surface area contributed by atoms with E-state index < -0.39 is 0 Å². The topological polar surface area (TPSA) is 13.0 Å². The minimum Gasteiger partial charge on any atom is -0.305 e. The van der Waals surface area contributed by atoms with Crippen LogP contribution in [0.15, 0.2) is 0 Å². The molecule has 1 saturated heterocycles. The molecule has 0 N–H and O–H groups in total. The minimum absolute atomic E-state index is 0.356. The van der Waals surface area contributed by atoms with Crippen molar-refractivity contribution in [2.45, 2.75) is 13.8 Å². The maximum atomic E-state index is 2.48. The van der Waals surface area contributed by atoms with Crippen LogP contribution in [0.1, 0.15) is 13.8 Å². The first-order valence-electron chi connectivity index (χ1n) is 7.53. The van der Waals surface area contributed by atoms with E-state index in [0.29, 0.717) is 5.41 Å². The molecule has 1 aliphatic rings. The molecule has 0 atom stereocenters. The molecular formula is C15H34N4. The summed E-state index contributed by atoms with van der Waals surface area (Å²) in [5.74, 6) is 0. The van der Waals surface area contributed by atoms with E-state index in [1.165, 1.54) is 13.1 Å². The zero-order valence-electron chi connectivity index (χ0n) is 13.9. The lowest BCUT2D eigenvalue weighted by molar-refractivity contribution is 0.143. The summed E-state index contributed by atoms with van der Waals surface area (Å²) in [4.78, 5) is 9.85. The largest absolute Gasteiger partial charge is 0.305 e. The third-order valence-corrected chi connectivity index (χ3v) is 3.99. The van der Waals surface area contributed by atoms with E-state index in [9.17, 15) is 0 Å². The molecule has 0 radical (unpaired) electrons. The standard InChI is InChI=1S/C15H34N4/c1-15(2)13-18(5)11-9-16(3)7-8-17(4)10-12-19(6)14-15/h7-14H2,1-6H3. The van der Waals surface area contributed by atoms with E-state index in [4.69, 9.17) is 0 Å². The van der Waals surface area contributed by atoms with Gasteiger partial charge in [-0.1, -0.05) is 13.8 Å². The van der Waals surface area contributed by atoms with Crippen LogP contribution < -0.4 is 0 Å². The first kappa shape index (κ1) is 16.9. The second kappa shape index (κ2) is 7.58. The SMILES string of the molecule is CN1CCN(C)CCN(C)CC(C)(C)CN(C)CC1. The predicted octanol–water partition coefficient (Wildman–Crippen LogP) is 0.753. The quantitative estimate of drug-likeness (QED) is 0.644. The normalized spacial score (nSPS) is 27.5. The number of hydrogen-bond acceptors (Lipinski definition) is 4. The lowest BCUT2D eigenvalue weighted by Crippen LogP contribution is -2.42. The van der Waals surface area contributed by atoms with Crippen LogP contribution in [0.3, 0.4) is 0 Å². The Hall–Kier alpha value is -0.160. The molecule has 114 valence electrons. The van der Waals surface area contributed by atoms with E-state index >= 15 is 0 Å². The molecule has 4 heteroatoms. The molecule has 0 spiro atoms. The van der Waals surface area contributed by atoms with Crippen molar-refractivity contribution in [2.24, 2.45) is 5.41 Å². The summed E-state index contributed by atoms with van der Waals surface area (Å²) < 4.78 is 0. The molecule has 1 heterocycles. The van der Waals surface area contributed by atoms with Crippen molar-refractivity contribution >= 4 is 0 Å². The third-order valence-electron chi connectivity index (χ3n) is 3.99. The van der Waals surface area contributed by atoms with Crippen molar-refractivity contribution in [3.63, 3.8) is 0 Å². The Labute approximate surface area is 120 Å². The van der Waals surface area contributed by atoms with E-state index in [1.54, 1.807) is 0 Å². The molecule has 0 bridgehead atoms. The average Bonchev–Trinajstić information content (AvgIpc) is 2.29. The molecule has 0 aromatic carbocycles. The lowest BCUT2D eigenvalue weighted by atomic mass is 9.92. The lowest BCUT2D eigenvalue weighted by Gasteiger charge is -2.34. The Kier molecular flexibility index (Phi) is 6.74. The summed E-state index contributed by atoms with van der Waals surface area (Å²) in [6.07, 6.45) is 0. The van der Waals surface area contributed by atoms with Gasteiger partial charge in [0, 0.05) is 52.4 Å². The van der Waals surface area contributed by atoms with Gasteiger partial charge in [-0.15, -0.1) is 0 Å². The van der Waals surface area contributed by atoms with Gasteiger partial charge < -0.3 is 19.6 Å². The fraction of sp³-hybridized carbons (Fsp3) is 1.00. The fourth-order valence-corrected chi connectivity index (χ4v) is 2.92. The van der Waals surface area contributed by atoms with Gasteiger partial charge in [0.1, 0.15) is 0 Å². The van der Waals surface area contributed by atoms with E-state index in [0.717, 1.165) is 39.3 Å². The van der Waals surface area contributed by atoms with Gasteiger partial charge in [0.05, 0.1) is 0 Å². The van der Waals surface area contributed by atoms with E-state index in [1.807, 2.05) is 0 Å². The van der Waals surface area contributed by atoms with E-state index in [-0.39, 0.29) is 0 Å². The van der Waals surface area contributed by atoms with E-state index in [2.05, 4.69) is 61.6 Å². The molecule has 0 amide bonds. The molecule has 0 saturated carbocycles. The second-order valence-electron chi connectivity index (χ2n) is 7.25. The first-order valence-corrected chi connectivity index (χ1v) is 7.53. The zero-order valence-corrected chi connectivity index (χ0v) is 13.9. The molecule has 1 rings (SSSR count). The highest BCUT2D eigenvalue weighted by molar-refractivity contribution is 4.77. The summed E-state index contributed by atoms with van der Waals surface area (Å²) in [6.45, 7) is 14.1. The van der Waals surface area contributed by atoms with Crippen LogP contribution in [0.25, 0.3) is 0 Å². The van der Waals surface area contributed by atoms with Crippen LogP contribution in [-0.4, -0.2) is 100 Å². The van der Waals surface area contributed by atoms with Crippen LogP contribution >= 0.6 is 0 Å². The summed E-state index contributed by atoms with van der Waals surface area (Å²) in [5, 5.41) is 0. The number of rotatable bonds is 0. The first-order chi connectivity index (χ1) is 8.78. The van der Waals surface area contributed by atoms with Gasteiger partial charge in [-0.05, 0) is 33.6 Å². The van der Waals surface area contributed by atoms with Crippen LogP contribution in [-0.2, 0) is 0 Å². The van der Waals surface area contributed by atoms with Gasteiger partial charge in [0.15, 0.2) is 0 Å². The molecule has 0 aromatic heterocycles. The Morgan fingerprint density at radius 1 is 0.526 bits per heavy atom. The molecule has 1 aliphatic heterocycles. The number of hydrogen-bond donors (Lipinski definition) is 0. The molecule has 19 heavy (non-hydrogen) atoms. The molecular weight excluding hydrogens is 236 g/mol. The molecule has 4 nitrogen and oxygen atoms in total. The Balaban J connectivity index is 2.61. The highest BCUT2D eigenvalue weighted by atomic mass is 15.2. The molecule has 0 aromatic rings. The zero-order chi connectivity index (χ0) is 14.5. The molecule has 1 fully saturated rings. The third kappa shape index (κ3) is 7.25. The second-order valence-corrected chi connectivity index (χ2v) is 7.25. The van der Waals surface area contributed by atoms with Crippen molar-refractivity contribution in [3.05, 3.63) is 0 Å². The Morgan fingerprint density at radius 3 is 1.11 bits per heavy atom. The molecule has 0 aliphatic carbocycles. The highest BCUT2D eigenvalue weighted by Crippen LogP contribution is 2.17. The maximum Gasteiger partial charge on any atom is 0.0107 e. The Morgan fingerprint density at radius 2 is 0.789 bits per heavy atom. The smallest absolute Gasteiger partial charge is 0.0107 e. The fourth-order valence-electron chi connectivity index (χ4n) is 2.92. The van der Waals surface area contributed by atoms with Crippen molar-refractivity contribution in [3.8, 4) is 0 Å². The van der Waals surface area contributed by atoms with Gasteiger partial charge in [-0.3, -0.25) is 0 Å². The van der Waals surface area contributed by atoms with Crippen LogP contribution in [0.4, 0.5) is 0 Å². The van der Waals surface area contributed by atoms with Gasteiger partial charge in [-0.2, -0.15) is 0 Å². The van der Waals surface area contributed by atoms with Gasteiger partial charge >= 0.3 is 0 Å². The van der Waals surface area contributed by atoms with Crippen molar-refractivity contribution in [1.82, 2.24) is 19.6 Å². The van der Waals surface area contributed by atoms with Crippen molar-refractivity contribution in [1.29, 1.82) is 0 Å². The van der Waals surface area contributed by atoms with Crippen molar-refractivity contribution < 1.29 is 0 Å². The summed E-state index contributed by atoms with van der Waals surface area (Å²) in [7, 11) is 8.97. The maximum absolute atomic E-state index is 2.48. The summed E-state index contributed by atoms with van der Waals surface area (Å²) >= 11 is 0.